The van der Waals surface area contributed by atoms with E-state index in [1.165, 1.54) is 25.8 Å². The van der Waals surface area contributed by atoms with Crippen LogP contribution in [-0.2, 0) is 0 Å². The summed E-state index contributed by atoms with van der Waals surface area (Å²) in [6, 6.07) is 8.70. The molecule has 2 rings (SSSR count). The Morgan fingerprint density at radius 3 is 3.15 bits per heavy atom. The zero-order chi connectivity index (χ0) is 14.2. The molecule has 4 heteroatoms. The fourth-order valence-corrected chi connectivity index (χ4v) is 3.05. The van der Waals surface area contributed by atoms with Crippen molar-refractivity contribution in [2.45, 2.75) is 32.2 Å². The summed E-state index contributed by atoms with van der Waals surface area (Å²) in [6.07, 6.45) is 3.75. The topological polar surface area (TPSA) is 24.5 Å². The molecule has 1 aromatic rings. The molecular weight excluding hydrogens is 316 g/mol. The minimum Gasteiger partial charge on any atom is -0.492 e. The average Bonchev–Trinajstić information content (AvgIpc) is 2.65. The normalized spacial score (nSPS) is 20.6. The molecule has 3 nitrogen and oxygen atoms in total. The lowest BCUT2D eigenvalue weighted by molar-refractivity contribution is 0.204. The van der Waals surface area contributed by atoms with Crippen LogP contribution in [0.5, 0.6) is 5.75 Å². The Morgan fingerprint density at radius 1 is 1.45 bits per heavy atom. The Bertz CT molecular complexity index is 400. The molecule has 112 valence electrons. The highest BCUT2D eigenvalue weighted by molar-refractivity contribution is 9.10. The maximum absolute atomic E-state index is 5.83. The van der Waals surface area contributed by atoms with Crippen LogP contribution in [0.4, 0.5) is 0 Å². The molecule has 1 aromatic carbocycles. The fourth-order valence-electron chi connectivity index (χ4n) is 2.67. The third-order valence-corrected chi connectivity index (χ3v) is 4.17. The number of halogens is 1. The molecule has 0 radical (unpaired) electrons. The molecule has 1 heterocycles. The minimum absolute atomic E-state index is 0.647. The lowest BCUT2D eigenvalue weighted by Crippen LogP contribution is -2.39. The molecule has 0 saturated carbocycles. The molecular formula is C16H25BrN2O. The van der Waals surface area contributed by atoms with Crippen molar-refractivity contribution in [2.75, 3.05) is 32.8 Å². The maximum atomic E-state index is 5.83. The summed E-state index contributed by atoms with van der Waals surface area (Å²) >= 11 is 3.47. The number of rotatable bonds is 6. The molecule has 0 aromatic heterocycles. The van der Waals surface area contributed by atoms with E-state index in [1.807, 2.05) is 24.3 Å². The molecule has 1 unspecified atom stereocenters. The van der Waals surface area contributed by atoms with Gasteiger partial charge in [0, 0.05) is 23.6 Å². The Morgan fingerprint density at radius 2 is 2.35 bits per heavy atom. The summed E-state index contributed by atoms with van der Waals surface area (Å²) < 4.78 is 6.90. The quantitative estimate of drug-likeness (QED) is 0.859. The van der Waals surface area contributed by atoms with E-state index in [4.69, 9.17) is 4.74 Å². The number of nitrogens with zero attached hydrogens (tertiary/aromatic N) is 1. The van der Waals surface area contributed by atoms with Crippen LogP contribution in [-0.4, -0.2) is 43.7 Å². The molecule has 1 saturated heterocycles. The number of ether oxygens (including phenoxy) is 1. The first-order valence-corrected chi connectivity index (χ1v) is 8.41. The zero-order valence-electron chi connectivity index (χ0n) is 12.3. The fraction of sp³-hybridized carbons (Fsp3) is 0.625. The van der Waals surface area contributed by atoms with Crippen LogP contribution in [0.25, 0.3) is 0 Å². The van der Waals surface area contributed by atoms with Crippen molar-refractivity contribution in [3.63, 3.8) is 0 Å². The van der Waals surface area contributed by atoms with E-state index in [1.54, 1.807) is 0 Å². The number of benzene rings is 1. The first kappa shape index (κ1) is 15.8. The van der Waals surface area contributed by atoms with E-state index in [0.717, 1.165) is 36.5 Å². The van der Waals surface area contributed by atoms with Crippen molar-refractivity contribution in [1.29, 1.82) is 0 Å². The van der Waals surface area contributed by atoms with E-state index < -0.39 is 0 Å². The van der Waals surface area contributed by atoms with Crippen molar-refractivity contribution in [3.8, 4) is 5.75 Å². The highest BCUT2D eigenvalue weighted by Crippen LogP contribution is 2.17. The number of hydrogen-bond donors (Lipinski definition) is 1. The van der Waals surface area contributed by atoms with Gasteiger partial charge in [-0.15, -0.1) is 0 Å². The van der Waals surface area contributed by atoms with E-state index in [-0.39, 0.29) is 0 Å². The standard InChI is InChI=1S/C16H25BrN2O/c1-2-5-15-13-19(9-4-8-18-15)10-11-20-16-7-3-6-14(17)12-16/h3,6-7,12,15,18H,2,4-5,8-11,13H2,1H3. The molecule has 1 fully saturated rings. The van der Waals surface area contributed by atoms with Gasteiger partial charge in [-0.25, -0.2) is 0 Å². The molecule has 0 amide bonds. The first-order chi connectivity index (χ1) is 9.78. The van der Waals surface area contributed by atoms with Crippen LogP contribution in [0.3, 0.4) is 0 Å². The van der Waals surface area contributed by atoms with Gasteiger partial charge in [0.15, 0.2) is 0 Å². The van der Waals surface area contributed by atoms with Crippen LogP contribution in [0.2, 0.25) is 0 Å². The zero-order valence-corrected chi connectivity index (χ0v) is 13.9. The van der Waals surface area contributed by atoms with Gasteiger partial charge < -0.3 is 10.1 Å². The summed E-state index contributed by atoms with van der Waals surface area (Å²) in [5.74, 6) is 0.942. The van der Waals surface area contributed by atoms with E-state index in [2.05, 4.69) is 33.1 Å². The predicted octanol–water partition coefficient (Wildman–Crippen LogP) is 3.29. The van der Waals surface area contributed by atoms with Gasteiger partial charge in [-0.2, -0.15) is 0 Å². The second kappa shape index (κ2) is 8.65. The highest BCUT2D eigenvalue weighted by Gasteiger charge is 2.16. The van der Waals surface area contributed by atoms with Gasteiger partial charge in [0.1, 0.15) is 12.4 Å². The molecule has 0 bridgehead atoms. The monoisotopic (exact) mass is 340 g/mol. The van der Waals surface area contributed by atoms with Crippen LogP contribution in [0.1, 0.15) is 26.2 Å². The van der Waals surface area contributed by atoms with Crippen molar-refractivity contribution in [3.05, 3.63) is 28.7 Å². The molecule has 1 atom stereocenters. The lowest BCUT2D eigenvalue weighted by Gasteiger charge is -2.24. The van der Waals surface area contributed by atoms with Gasteiger partial charge in [0.2, 0.25) is 0 Å². The SMILES string of the molecule is CCCC1CN(CCOc2cccc(Br)c2)CCCN1. The van der Waals surface area contributed by atoms with Crippen molar-refractivity contribution in [2.24, 2.45) is 0 Å². The smallest absolute Gasteiger partial charge is 0.120 e. The van der Waals surface area contributed by atoms with Crippen molar-refractivity contribution in [1.82, 2.24) is 10.2 Å². The van der Waals surface area contributed by atoms with Gasteiger partial charge in [0.05, 0.1) is 0 Å². The Kier molecular flexibility index (Phi) is 6.83. The molecule has 0 spiro atoms. The van der Waals surface area contributed by atoms with Gasteiger partial charge in [-0.3, -0.25) is 4.90 Å². The van der Waals surface area contributed by atoms with Gasteiger partial charge in [0.25, 0.3) is 0 Å². The van der Waals surface area contributed by atoms with Crippen LogP contribution >= 0.6 is 15.9 Å². The van der Waals surface area contributed by atoms with Crippen LogP contribution in [0, 0.1) is 0 Å². The third kappa shape index (κ3) is 5.43. The second-order valence-electron chi connectivity index (χ2n) is 5.40. The molecule has 1 aliphatic heterocycles. The number of hydrogen-bond acceptors (Lipinski definition) is 3. The minimum atomic E-state index is 0.647. The van der Waals surface area contributed by atoms with Crippen molar-refractivity contribution < 1.29 is 4.74 Å². The molecule has 0 aliphatic carbocycles. The Hall–Kier alpha value is -0.580. The van der Waals surface area contributed by atoms with E-state index in [0.29, 0.717) is 6.04 Å². The number of nitrogens with one attached hydrogen (secondary N) is 1. The second-order valence-corrected chi connectivity index (χ2v) is 6.32. The van der Waals surface area contributed by atoms with Gasteiger partial charge in [-0.1, -0.05) is 35.3 Å². The maximum Gasteiger partial charge on any atom is 0.120 e. The summed E-state index contributed by atoms with van der Waals surface area (Å²) in [7, 11) is 0. The Labute approximate surface area is 130 Å². The largest absolute Gasteiger partial charge is 0.492 e. The predicted molar refractivity (Wildman–Crippen MR) is 87.4 cm³/mol. The third-order valence-electron chi connectivity index (χ3n) is 3.67. The average molecular weight is 341 g/mol. The molecule has 20 heavy (non-hydrogen) atoms. The van der Waals surface area contributed by atoms with E-state index in [9.17, 15) is 0 Å². The van der Waals surface area contributed by atoms with Crippen LogP contribution in [0.15, 0.2) is 28.7 Å². The summed E-state index contributed by atoms with van der Waals surface area (Å²) in [5.41, 5.74) is 0. The van der Waals surface area contributed by atoms with Gasteiger partial charge >= 0.3 is 0 Å². The van der Waals surface area contributed by atoms with Crippen LogP contribution < -0.4 is 10.1 Å². The summed E-state index contributed by atoms with van der Waals surface area (Å²) in [4.78, 5) is 2.53. The highest BCUT2D eigenvalue weighted by atomic mass is 79.9. The Balaban J connectivity index is 1.74. The lowest BCUT2D eigenvalue weighted by atomic mass is 10.1. The van der Waals surface area contributed by atoms with E-state index >= 15 is 0 Å². The summed E-state index contributed by atoms with van der Waals surface area (Å²) in [5, 5.41) is 3.64. The first-order valence-electron chi connectivity index (χ1n) is 7.62. The van der Waals surface area contributed by atoms with Gasteiger partial charge in [-0.05, 0) is 44.1 Å². The van der Waals surface area contributed by atoms with Crippen molar-refractivity contribution >= 4 is 15.9 Å². The summed E-state index contributed by atoms with van der Waals surface area (Å²) in [6.45, 7) is 7.50. The molecule has 1 N–H and O–H groups in total. The molecule has 1 aliphatic rings.